The van der Waals surface area contributed by atoms with Gasteiger partial charge in [-0.25, -0.2) is 4.98 Å². The van der Waals surface area contributed by atoms with E-state index in [-0.39, 0.29) is 18.0 Å². The minimum absolute atomic E-state index is 0.0955. The molecule has 0 spiro atoms. The van der Waals surface area contributed by atoms with Gasteiger partial charge < -0.3 is 10.1 Å². The number of carbonyl (C=O) groups is 1. The van der Waals surface area contributed by atoms with Crippen molar-refractivity contribution in [3.8, 4) is 5.75 Å². The van der Waals surface area contributed by atoms with E-state index in [2.05, 4.69) is 10.3 Å². The van der Waals surface area contributed by atoms with Crippen LogP contribution in [0.2, 0.25) is 0 Å². The third-order valence-electron chi connectivity index (χ3n) is 3.67. The first kappa shape index (κ1) is 15.7. The Kier molecular flexibility index (Phi) is 4.29. The number of aromatic nitrogens is 2. The second kappa shape index (κ2) is 6.54. The molecule has 6 nitrogen and oxygen atoms in total. The van der Waals surface area contributed by atoms with Crippen molar-refractivity contribution in [2.24, 2.45) is 0 Å². The summed E-state index contributed by atoms with van der Waals surface area (Å²) in [6.45, 7) is 1.81. The molecule has 1 amide bonds. The van der Waals surface area contributed by atoms with Crippen molar-refractivity contribution in [1.82, 2.24) is 9.55 Å². The van der Waals surface area contributed by atoms with Crippen LogP contribution in [0, 0.1) is 6.92 Å². The Morgan fingerprint density at radius 3 is 2.67 bits per heavy atom. The average Bonchev–Trinajstić information content (AvgIpc) is 2.58. The van der Waals surface area contributed by atoms with Gasteiger partial charge in [-0.3, -0.25) is 14.2 Å². The molecule has 0 bridgehead atoms. The normalized spacial score (nSPS) is 10.6. The second-order valence-corrected chi connectivity index (χ2v) is 5.47. The number of nitrogens with one attached hydrogen (secondary N) is 1. The molecule has 1 heterocycles. The first-order valence-corrected chi connectivity index (χ1v) is 7.46. The smallest absolute Gasteiger partial charge is 0.261 e. The third-order valence-corrected chi connectivity index (χ3v) is 3.67. The molecule has 0 fully saturated rings. The van der Waals surface area contributed by atoms with Crippen molar-refractivity contribution in [2.75, 3.05) is 12.4 Å². The summed E-state index contributed by atoms with van der Waals surface area (Å²) in [5.41, 5.74) is 2.01. The van der Waals surface area contributed by atoms with Crippen molar-refractivity contribution < 1.29 is 9.53 Å². The number of hydrogen-bond acceptors (Lipinski definition) is 4. The number of amides is 1. The lowest BCUT2D eigenvalue weighted by molar-refractivity contribution is -0.116. The fourth-order valence-corrected chi connectivity index (χ4v) is 2.42. The van der Waals surface area contributed by atoms with E-state index in [9.17, 15) is 9.59 Å². The number of fused-ring (bicyclic) bond motifs is 1. The molecular weight excluding hydrogens is 306 g/mol. The van der Waals surface area contributed by atoms with Gasteiger partial charge in [0.25, 0.3) is 5.56 Å². The molecule has 1 N–H and O–H groups in total. The van der Waals surface area contributed by atoms with E-state index in [4.69, 9.17) is 4.74 Å². The summed E-state index contributed by atoms with van der Waals surface area (Å²) < 4.78 is 6.38. The summed E-state index contributed by atoms with van der Waals surface area (Å²) in [6, 6.07) is 12.5. The van der Waals surface area contributed by atoms with Crippen LogP contribution < -0.4 is 15.6 Å². The number of carbonyl (C=O) groups excluding carboxylic acids is 1. The molecule has 0 aliphatic heterocycles. The molecular formula is C18H17N3O3. The maximum atomic E-state index is 12.5. The number of benzene rings is 2. The Morgan fingerprint density at radius 2 is 1.96 bits per heavy atom. The number of aryl methyl sites for hydroxylation is 1. The molecule has 0 unspecified atom stereocenters. The van der Waals surface area contributed by atoms with Crippen LogP contribution in [0.4, 0.5) is 5.69 Å². The molecule has 6 heteroatoms. The van der Waals surface area contributed by atoms with Crippen molar-refractivity contribution >= 4 is 22.5 Å². The molecule has 0 aliphatic carbocycles. The van der Waals surface area contributed by atoms with Gasteiger partial charge in [0.2, 0.25) is 5.91 Å². The Hall–Kier alpha value is -3.15. The predicted octanol–water partition coefficient (Wildman–Crippen LogP) is 2.35. The number of nitrogens with zero attached hydrogens (tertiary/aromatic N) is 2. The van der Waals surface area contributed by atoms with Crippen LogP contribution in [-0.2, 0) is 11.3 Å². The zero-order valence-corrected chi connectivity index (χ0v) is 13.4. The Bertz CT molecular complexity index is 946. The van der Waals surface area contributed by atoms with Crippen molar-refractivity contribution in [1.29, 1.82) is 0 Å². The van der Waals surface area contributed by atoms with Gasteiger partial charge in [-0.05, 0) is 43.3 Å². The summed E-state index contributed by atoms with van der Waals surface area (Å²) in [6.07, 6.45) is 1.40. The van der Waals surface area contributed by atoms with Crippen molar-refractivity contribution in [2.45, 2.75) is 13.5 Å². The number of methoxy groups -OCH3 is 1. The molecule has 0 radical (unpaired) electrons. The summed E-state index contributed by atoms with van der Waals surface area (Å²) in [5, 5.41) is 3.26. The average molecular weight is 323 g/mol. The molecule has 0 atom stereocenters. The Balaban J connectivity index is 1.79. The molecule has 0 saturated heterocycles. The molecule has 122 valence electrons. The van der Waals surface area contributed by atoms with E-state index in [1.54, 1.807) is 43.5 Å². The highest BCUT2D eigenvalue weighted by Gasteiger charge is 2.09. The van der Waals surface area contributed by atoms with Crippen LogP contribution in [-0.4, -0.2) is 22.6 Å². The fourth-order valence-electron chi connectivity index (χ4n) is 2.42. The highest BCUT2D eigenvalue weighted by atomic mass is 16.5. The number of rotatable bonds is 4. The number of ether oxygens (including phenoxy) is 1. The third kappa shape index (κ3) is 3.27. The van der Waals surface area contributed by atoms with Gasteiger partial charge in [0, 0.05) is 5.69 Å². The topological polar surface area (TPSA) is 73.2 Å². The van der Waals surface area contributed by atoms with E-state index in [1.807, 2.05) is 13.0 Å². The second-order valence-electron chi connectivity index (χ2n) is 5.47. The predicted molar refractivity (Wildman–Crippen MR) is 92.4 cm³/mol. The first-order valence-electron chi connectivity index (χ1n) is 7.46. The van der Waals surface area contributed by atoms with Crippen LogP contribution in [0.15, 0.2) is 53.6 Å². The minimum Gasteiger partial charge on any atom is -0.497 e. The summed E-state index contributed by atoms with van der Waals surface area (Å²) in [7, 11) is 1.58. The molecule has 0 aliphatic rings. The Labute approximate surface area is 138 Å². The molecule has 3 rings (SSSR count). The van der Waals surface area contributed by atoms with Crippen LogP contribution in [0.5, 0.6) is 5.75 Å². The zero-order chi connectivity index (χ0) is 17.1. The van der Waals surface area contributed by atoms with E-state index in [0.29, 0.717) is 22.3 Å². The van der Waals surface area contributed by atoms with Gasteiger partial charge in [0.05, 0.1) is 24.3 Å². The fraction of sp³-hybridized carbons (Fsp3) is 0.167. The lowest BCUT2D eigenvalue weighted by atomic mass is 10.2. The molecule has 24 heavy (non-hydrogen) atoms. The van der Waals surface area contributed by atoms with E-state index < -0.39 is 0 Å². The maximum Gasteiger partial charge on any atom is 0.261 e. The van der Waals surface area contributed by atoms with Gasteiger partial charge in [0.1, 0.15) is 12.3 Å². The largest absolute Gasteiger partial charge is 0.497 e. The van der Waals surface area contributed by atoms with Crippen LogP contribution >= 0.6 is 0 Å². The van der Waals surface area contributed by atoms with E-state index in [1.165, 1.54) is 10.9 Å². The zero-order valence-electron chi connectivity index (χ0n) is 13.4. The summed E-state index contributed by atoms with van der Waals surface area (Å²) >= 11 is 0. The molecule has 2 aromatic carbocycles. The summed E-state index contributed by atoms with van der Waals surface area (Å²) in [5.74, 6) is 0.411. The number of hydrogen-bond donors (Lipinski definition) is 1. The van der Waals surface area contributed by atoms with Crippen LogP contribution in [0.3, 0.4) is 0 Å². The van der Waals surface area contributed by atoms with Gasteiger partial charge in [0.15, 0.2) is 0 Å². The lowest BCUT2D eigenvalue weighted by Gasteiger charge is -2.09. The molecule has 0 saturated carbocycles. The summed E-state index contributed by atoms with van der Waals surface area (Å²) in [4.78, 5) is 28.9. The van der Waals surface area contributed by atoms with Crippen LogP contribution in [0.25, 0.3) is 10.9 Å². The molecule has 3 aromatic rings. The van der Waals surface area contributed by atoms with Crippen molar-refractivity contribution in [3.05, 3.63) is 64.7 Å². The van der Waals surface area contributed by atoms with Crippen LogP contribution in [0.1, 0.15) is 5.56 Å². The monoisotopic (exact) mass is 323 g/mol. The van der Waals surface area contributed by atoms with E-state index >= 15 is 0 Å². The minimum atomic E-state index is -0.295. The quantitative estimate of drug-likeness (QED) is 0.800. The lowest BCUT2D eigenvalue weighted by Crippen LogP contribution is -2.27. The highest BCUT2D eigenvalue weighted by molar-refractivity contribution is 5.90. The maximum absolute atomic E-state index is 12.5. The highest BCUT2D eigenvalue weighted by Crippen LogP contribution is 2.15. The molecule has 1 aromatic heterocycles. The van der Waals surface area contributed by atoms with Gasteiger partial charge >= 0.3 is 0 Å². The first-order chi connectivity index (χ1) is 11.6. The van der Waals surface area contributed by atoms with Gasteiger partial charge in [-0.2, -0.15) is 0 Å². The Morgan fingerprint density at radius 1 is 1.21 bits per heavy atom. The van der Waals surface area contributed by atoms with Gasteiger partial charge in [-0.15, -0.1) is 0 Å². The SMILES string of the molecule is COc1ccc(NC(=O)Cn2cnc3ccc(C)cc3c2=O)cc1. The van der Waals surface area contributed by atoms with Crippen molar-refractivity contribution in [3.63, 3.8) is 0 Å². The standard InChI is InChI=1S/C18H17N3O3/c1-12-3-8-16-15(9-12)18(23)21(11-19-16)10-17(22)20-13-4-6-14(24-2)7-5-13/h3-9,11H,10H2,1-2H3,(H,20,22). The number of anilines is 1. The van der Waals surface area contributed by atoms with E-state index in [0.717, 1.165) is 5.56 Å². The van der Waals surface area contributed by atoms with Gasteiger partial charge in [-0.1, -0.05) is 11.6 Å².